The lowest BCUT2D eigenvalue weighted by molar-refractivity contribution is 0.484. The number of nitrogens with zero attached hydrogens (tertiary/aromatic N) is 2. The third-order valence-corrected chi connectivity index (χ3v) is 8.33. The summed E-state index contributed by atoms with van der Waals surface area (Å²) >= 11 is 0. The molecule has 0 saturated heterocycles. The average Bonchev–Trinajstić information content (AvgIpc) is 2.93. The molecule has 0 atom stereocenters. The molecule has 40 heavy (non-hydrogen) atoms. The van der Waals surface area contributed by atoms with Gasteiger partial charge in [0.05, 0.1) is 16.3 Å². The fraction of sp³-hybridized carbons (Fsp3) is 0.0345. The van der Waals surface area contributed by atoms with Crippen LogP contribution in [0, 0.1) is 6.92 Å². The highest BCUT2D eigenvalue weighted by molar-refractivity contribution is 7.92. The summed E-state index contributed by atoms with van der Waals surface area (Å²) in [7, 11) is -8.28. The fourth-order valence-corrected chi connectivity index (χ4v) is 5.87. The Bertz CT molecular complexity index is 1930. The molecule has 5 aromatic carbocycles. The van der Waals surface area contributed by atoms with Gasteiger partial charge in [-0.1, -0.05) is 48.0 Å². The number of sulfonamides is 1. The Morgan fingerprint density at radius 3 is 2.05 bits per heavy atom. The van der Waals surface area contributed by atoms with Crippen molar-refractivity contribution < 1.29 is 21.4 Å². The maximum Gasteiger partial charge on any atom is 0.295 e. The maximum atomic E-state index is 12.7. The Balaban J connectivity index is 1.45. The predicted octanol–water partition coefficient (Wildman–Crippen LogP) is 7.35. The van der Waals surface area contributed by atoms with Gasteiger partial charge in [-0.25, -0.2) is 8.42 Å². The Morgan fingerprint density at radius 2 is 1.38 bits per heavy atom. The molecule has 0 amide bonds. The minimum atomic E-state index is -4.54. The lowest BCUT2D eigenvalue weighted by atomic mass is 10.1. The van der Waals surface area contributed by atoms with Crippen molar-refractivity contribution in [2.75, 3.05) is 10.0 Å². The van der Waals surface area contributed by atoms with Crippen molar-refractivity contribution in [3.8, 4) is 0 Å². The Morgan fingerprint density at radius 1 is 0.675 bits per heavy atom. The fourth-order valence-electron chi connectivity index (χ4n) is 4.08. The molecule has 0 aliphatic rings. The first-order chi connectivity index (χ1) is 19.1. The molecule has 0 saturated carbocycles. The molecule has 0 radical (unpaired) electrons. The Hall–Kier alpha value is -4.58. The Labute approximate surface area is 232 Å². The van der Waals surface area contributed by atoms with Crippen LogP contribution in [0.25, 0.3) is 10.8 Å². The molecule has 0 bridgehead atoms. The molecule has 5 rings (SSSR count). The molecular weight excluding hydrogens is 548 g/mol. The van der Waals surface area contributed by atoms with Crippen molar-refractivity contribution >= 4 is 59.4 Å². The highest BCUT2D eigenvalue weighted by Gasteiger charge is 2.19. The van der Waals surface area contributed by atoms with E-state index in [1.54, 1.807) is 66.7 Å². The second-order valence-corrected chi connectivity index (χ2v) is 12.0. The first-order valence-corrected chi connectivity index (χ1v) is 15.0. The van der Waals surface area contributed by atoms with Crippen LogP contribution in [0.3, 0.4) is 0 Å². The maximum absolute atomic E-state index is 12.7. The van der Waals surface area contributed by atoms with Crippen molar-refractivity contribution in [3.63, 3.8) is 0 Å². The van der Waals surface area contributed by atoms with Crippen molar-refractivity contribution in [2.24, 2.45) is 10.2 Å². The first kappa shape index (κ1) is 27.0. The second-order valence-electron chi connectivity index (χ2n) is 8.94. The quantitative estimate of drug-likeness (QED) is 0.131. The summed E-state index contributed by atoms with van der Waals surface area (Å²) in [6.45, 7) is 1.88. The largest absolute Gasteiger partial charge is 0.355 e. The third kappa shape index (κ3) is 6.01. The zero-order valence-electron chi connectivity index (χ0n) is 21.2. The smallest absolute Gasteiger partial charge is 0.295 e. The number of azo groups is 1. The molecular formula is C29H24N4O5S2. The van der Waals surface area contributed by atoms with Crippen LogP contribution in [0.1, 0.15) is 5.56 Å². The number of hydrogen-bond acceptors (Lipinski definition) is 7. The van der Waals surface area contributed by atoms with Crippen LogP contribution in [-0.4, -0.2) is 21.4 Å². The van der Waals surface area contributed by atoms with Gasteiger partial charge in [0.25, 0.3) is 20.1 Å². The highest BCUT2D eigenvalue weighted by Crippen LogP contribution is 2.38. The summed E-state index contributed by atoms with van der Waals surface area (Å²) in [6.07, 6.45) is 0. The number of aryl methyl sites for hydroxylation is 1. The van der Waals surface area contributed by atoms with Gasteiger partial charge in [-0.05, 0) is 73.7 Å². The zero-order chi connectivity index (χ0) is 28.3. The number of fused-ring (bicyclic) bond motifs is 1. The van der Waals surface area contributed by atoms with E-state index in [0.29, 0.717) is 28.1 Å². The minimum absolute atomic E-state index is 0.156. The summed E-state index contributed by atoms with van der Waals surface area (Å²) in [5, 5.41) is 12.5. The molecule has 0 spiro atoms. The van der Waals surface area contributed by atoms with Gasteiger partial charge in [0.2, 0.25) is 0 Å². The van der Waals surface area contributed by atoms with Crippen LogP contribution < -0.4 is 10.0 Å². The molecule has 9 nitrogen and oxygen atoms in total. The van der Waals surface area contributed by atoms with E-state index >= 15 is 0 Å². The van der Waals surface area contributed by atoms with E-state index in [1.165, 1.54) is 12.1 Å². The summed E-state index contributed by atoms with van der Waals surface area (Å²) in [6, 6.07) is 30.0. The summed E-state index contributed by atoms with van der Waals surface area (Å²) < 4.78 is 62.2. The molecule has 0 unspecified atom stereocenters. The molecule has 5 aromatic rings. The number of nitrogens with one attached hydrogen (secondary N) is 2. The van der Waals surface area contributed by atoms with Gasteiger partial charge in [-0.2, -0.15) is 13.5 Å². The van der Waals surface area contributed by atoms with E-state index in [0.717, 1.165) is 11.3 Å². The van der Waals surface area contributed by atoms with Crippen molar-refractivity contribution in [1.82, 2.24) is 0 Å². The van der Waals surface area contributed by atoms with Gasteiger partial charge >= 0.3 is 0 Å². The molecule has 202 valence electrons. The van der Waals surface area contributed by atoms with E-state index in [9.17, 15) is 21.4 Å². The zero-order valence-corrected chi connectivity index (χ0v) is 22.8. The number of rotatable bonds is 8. The number of para-hydroxylation sites is 1. The molecule has 0 aliphatic carbocycles. The third-order valence-electron chi connectivity index (χ3n) is 6.03. The average molecular weight is 573 g/mol. The highest BCUT2D eigenvalue weighted by atomic mass is 32.2. The van der Waals surface area contributed by atoms with Crippen molar-refractivity contribution in [2.45, 2.75) is 16.7 Å². The molecule has 0 fully saturated rings. The molecule has 11 heteroatoms. The first-order valence-electron chi connectivity index (χ1n) is 12.1. The van der Waals surface area contributed by atoms with E-state index < -0.39 is 20.1 Å². The molecule has 0 aliphatic heterocycles. The van der Waals surface area contributed by atoms with Crippen LogP contribution in [0.15, 0.2) is 129 Å². The van der Waals surface area contributed by atoms with Crippen LogP contribution in [0.5, 0.6) is 0 Å². The second kappa shape index (κ2) is 10.9. The SMILES string of the molecule is Cc1ccc(S(=O)(=O)Nc2ccc(N=Nc3ccc(Nc4ccccc4)c4c(S(=O)(=O)O)cccc34)cc2)cc1. The van der Waals surface area contributed by atoms with Crippen LogP contribution in [0.4, 0.5) is 28.4 Å². The molecule has 3 N–H and O–H groups in total. The number of benzene rings is 5. The van der Waals surface area contributed by atoms with Crippen LogP contribution >= 0.6 is 0 Å². The minimum Gasteiger partial charge on any atom is -0.355 e. The standard InChI is InChI=1S/C29H24N4O5S2/c1-20-10-16-24(17-11-20)39(34,35)33-23-14-12-22(13-15-23)31-32-26-18-19-27(30-21-6-3-2-4-7-21)29-25(26)8-5-9-28(29)40(36,37)38/h2-19,30,33H,1H3,(H,36,37,38). The normalized spacial score (nSPS) is 12.1. The summed E-state index contributed by atoms with van der Waals surface area (Å²) in [5.41, 5.74) is 3.35. The van der Waals surface area contributed by atoms with Gasteiger partial charge < -0.3 is 5.32 Å². The van der Waals surface area contributed by atoms with E-state index in [2.05, 4.69) is 20.3 Å². The van der Waals surface area contributed by atoms with Crippen molar-refractivity contribution in [1.29, 1.82) is 0 Å². The van der Waals surface area contributed by atoms with Gasteiger partial charge in [0.15, 0.2) is 0 Å². The lowest BCUT2D eigenvalue weighted by Crippen LogP contribution is -2.12. The van der Waals surface area contributed by atoms with Gasteiger partial charge in [0.1, 0.15) is 4.90 Å². The predicted molar refractivity (Wildman–Crippen MR) is 156 cm³/mol. The van der Waals surface area contributed by atoms with Crippen LogP contribution in [-0.2, 0) is 20.1 Å². The van der Waals surface area contributed by atoms with E-state index in [-0.39, 0.29) is 15.2 Å². The van der Waals surface area contributed by atoms with Gasteiger partial charge in [-0.15, -0.1) is 5.11 Å². The van der Waals surface area contributed by atoms with Gasteiger partial charge in [-0.3, -0.25) is 9.27 Å². The van der Waals surface area contributed by atoms with Crippen molar-refractivity contribution in [3.05, 3.63) is 115 Å². The molecule has 0 heterocycles. The number of hydrogen-bond donors (Lipinski definition) is 3. The van der Waals surface area contributed by atoms with Crippen LogP contribution in [0.2, 0.25) is 0 Å². The lowest BCUT2D eigenvalue weighted by Gasteiger charge is -2.13. The topological polar surface area (TPSA) is 137 Å². The van der Waals surface area contributed by atoms with Gasteiger partial charge in [0, 0.05) is 27.8 Å². The monoisotopic (exact) mass is 572 g/mol. The molecule has 0 aromatic heterocycles. The summed E-state index contributed by atoms with van der Waals surface area (Å²) in [5.74, 6) is 0. The Kier molecular flexibility index (Phi) is 7.35. The van der Waals surface area contributed by atoms with E-state index in [4.69, 9.17) is 0 Å². The number of anilines is 3. The summed E-state index contributed by atoms with van der Waals surface area (Å²) in [4.78, 5) is -0.103. The van der Waals surface area contributed by atoms with E-state index in [1.807, 2.05) is 37.3 Å².